The van der Waals surface area contributed by atoms with Gasteiger partial charge in [-0.05, 0) is 92.1 Å². The third-order valence-corrected chi connectivity index (χ3v) is 6.41. The number of nitrogens with zero attached hydrogens (tertiary/aromatic N) is 4. The molecule has 0 aliphatic carbocycles. The molecule has 4 heterocycles. The summed E-state index contributed by atoms with van der Waals surface area (Å²) >= 11 is 5.87. The molecule has 3 aromatic heterocycles. The molecule has 1 aliphatic heterocycles. The molecule has 1 fully saturated rings. The lowest BCUT2D eigenvalue weighted by molar-refractivity contribution is 0.548. The standard InChI is InChI=1S/C26H25N5S/c1-17-9-12-23(28-16-17)30-14-6-8-22(30)25-24(21-7-4-5-13-27-21)29-26(32)31(25)20-11-10-18(2)19(3)15-20/h4-16,24-25H,1-3H3,(H,29,32)/t24-,25-/m0/s1. The lowest BCUT2D eigenvalue weighted by atomic mass is 10.00. The second-order valence-electron chi connectivity index (χ2n) is 8.26. The van der Waals surface area contributed by atoms with Crippen molar-refractivity contribution in [3.8, 4) is 5.82 Å². The first kappa shape index (κ1) is 20.4. The van der Waals surface area contributed by atoms with Gasteiger partial charge < -0.3 is 14.8 Å². The van der Waals surface area contributed by atoms with Crippen LogP contribution in [0.5, 0.6) is 0 Å². The Morgan fingerprint density at radius 2 is 1.78 bits per heavy atom. The van der Waals surface area contributed by atoms with Gasteiger partial charge >= 0.3 is 0 Å². The highest BCUT2D eigenvalue weighted by Gasteiger charge is 2.42. The molecule has 1 aromatic carbocycles. The van der Waals surface area contributed by atoms with Crippen LogP contribution in [0.4, 0.5) is 5.69 Å². The van der Waals surface area contributed by atoms with E-state index in [1.165, 1.54) is 11.1 Å². The molecule has 0 bridgehead atoms. The first-order chi connectivity index (χ1) is 15.5. The van der Waals surface area contributed by atoms with Gasteiger partial charge in [-0.2, -0.15) is 0 Å². The summed E-state index contributed by atoms with van der Waals surface area (Å²) in [5.41, 5.74) is 6.75. The van der Waals surface area contributed by atoms with Gasteiger partial charge in [0.25, 0.3) is 0 Å². The SMILES string of the molecule is Cc1ccc(-n2cccc2[C@H]2[C@H](c3ccccn3)NC(=S)N2c2ccc(C)c(C)c2)nc1. The van der Waals surface area contributed by atoms with Crippen molar-refractivity contribution in [2.75, 3.05) is 4.90 Å². The monoisotopic (exact) mass is 439 g/mol. The van der Waals surface area contributed by atoms with Crippen molar-refractivity contribution in [3.05, 3.63) is 107 Å². The van der Waals surface area contributed by atoms with Crippen molar-refractivity contribution in [3.63, 3.8) is 0 Å². The quantitative estimate of drug-likeness (QED) is 0.433. The van der Waals surface area contributed by atoms with Crippen molar-refractivity contribution in [2.45, 2.75) is 32.9 Å². The maximum absolute atomic E-state index is 5.87. The molecule has 5 rings (SSSR count). The van der Waals surface area contributed by atoms with Crippen LogP contribution in [0.2, 0.25) is 0 Å². The smallest absolute Gasteiger partial charge is 0.174 e. The molecule has 0 spiro atoms. The molecule has 2 atom stereocenters. The van der Waals surface area contributed by atoms with Gasteiger partial charge in [-0.1, -0.05) is 18.2 Å². The summed E-state index contributed by atoms with van der Waals surface area (Å²) < 4.78 is 2.14. The molecule has 0 saturated carbocycles. The maximum atomic E-state index is 5.87. The van der Waals surface area contributed by atoms with Crippen LogP contribution < -0.4 is 10.2 Å². The van der Waals surface area contributed by atoms with E-state index in [0.717, 1.165) is 28.5 Å². The predicted octanol–water partition coefficient (Wildman–Crippen LogP) is 5.37. The Labute approximate surface area is 193 Å². The summed E-state index contributed by atoms with van der Waals surface area (Å²) in [6, 6.07) is 20.7. The molecule has 1 saturated heterocycles. The van der Waals surface area contributed by atoms with Crippen LogP contribution >= 0.6 is 12.2 Å². The molecule has 0 unspecified atom stereocenters. The second-order valence-corrected chi connectivity index (χ2v) is 8.65. The summed E-state index contributed by atoms with van der Waals surface area (Å²) in [5, 5.41) is 4.23. The van der Waals surface area contributed by atoms with Crippen LogP contribution in [0.3, 0.4) is 0 Å². The zero-order valence-corrected chi connectivity index (χ0v) is 19.2. The van der Waals surface area contributed by atoms with E-state index in [1.807, 2.05) is 31.5 Å². The molecule has 6 heteroatoms. The van der Waals surface area contributed by atoms with Crippen molar-refractivity contribution in [1.82, 2.24) is 19.9 Å². The van der Waals surface area contributed by atoms with E-state index in [9.17, 15) is 0 Å². The third-order valence-electron chi connectivity index (χ3n) is 6.09. The number of hydrogen-bond acceptors (Lipinski definition) is 3. The summed E-state index contributed by atoms with van der Waals surface area (Å²) in [4.78, 5) is 11.5. The van der Waals surface area contributed by atoms with E-state index < -0.39 is 0 Å². The number of nitrogens with one attached hydrogen (secondary N) is 1. The largest absolute Gasteiger partial charge is 0.351 e. The minimum atomic E-state index is -0.0931. The summed E-state index contributed by atoms with van der Waals surface area (Å²) in [6.07, 6.45) is 5.78. The van der Waals surface area contributed by atoms with Crippen molar-refractivity contribution >= 4 is 23.0 Å². The molecule has 1 aliphatic rings. The molecule has 160 valence electrons. The van der Waals surface area contributed by atoms with E-state index in [0.29, 0.717) is 5.11 Å². The molecule has 1 N–H and O–H groups in total. The van der Waals surface area contributed by atoms with E-state index in [2.05, 4.69) is 93.3 Å². The van der Waals surface area contributed by atoms with Gasteiger partial charge in [-0.15, -0.1) is 0 Å². The summed E-state index contributed by atoms with van der Waals surface area (Å²) in [5.74, 6) is 0.883. The molecule has 0 radical (unpaired) electrons. The van der Waals surface area contributed by atoms with E-state index in [1.54, 1.807) is 0 Å². The van der Waals surface area contributed by atoms with Crippen molar-refractivity contribution < 1.29 is 0 Å². The number of benzene rings is 1. The Bertz CT molecular complexity index is 1260. The lowest BCUT2D eigenvalue weighted by Gasteiger charge is -2.29. The highest BCUT2D eigenvalue weighted by Crippen LogP contribution is 2.42. The molecular weight excluding hydrogens is 414 g/mol. The first-order valence-electron chi connectivity index (χ1n) is 10.7. The van der Waals surface area contributed by atoms with Crippen LogP contribution in [0.1, 0.15) is 40.2 Å². The van der Waals surface area contributed by atoms with Crippen LogP contribution in [0.25, 0.3) is 5.82 Å². The van der Waals surface area contributed by atoms with E-state index in [4.69, 9.17) is 12.2 Å². The minimum Gasteiger partial charge on any atom is -0.351 e. The minimum absolute atomic E-state index is 0.0855. The number of pyridine rings is 2. The normalized spacial score (nSPS) is 18.1. The zero-order valence-electron chi connectivity index (χ0n) is 18.4. The zero-order chi connectivity index (χ0) is 22.2. The number of anilines is 1. The van der Waals surface area contributed by atoms with Crippen molar-refractivity contribution in [1.29, 1.82) is 0 Å². The maximum Gasteiger partial charge on any atom is 0.174 e. The van der Waals surface area contributed by atoms with E-state index >= 15 is 0 Å². The van der Waals surface area contributed by atoms with Crippen LogP contribution in [0.15, 0.2) is 79.3 Å². The number of hydrogen-bond donors (Lipinski definition) is 1. The summed E-state index contributed by atoms with van der Waals surface area (Å²) in [6.45, 7) is 6.31. The van der Waals surface area contributed by atoms with Crippen molar-refractivity contribution in [2.24, 2.45) is 0 Å². The fraction of sp³-hybridized carbons (Fsp3) is 0.192. The third kappa shape index (κ3) is 3.56. The number of thiocarbonyl (C=S) groups is 1. The van der Waals surface area contributed by atoms with E-state index in [-0.39, 0.29) is 12.1 Å². The van der Waals surface area contributed by atoms with Crippen LogP contribution in [-0.4, -0.2) is 19.6 Å². The van der Waals surface area contributed by atoms with Gasteiger partial charge in [0.1, 0.15) is 11.9 Å². The van der Waals surface area contributed by atoms with Gasteiger partial charge in [0.15, 0.2) is 5.11 Å². The average Bonchev–Trinajstić information content (AvgIpc) is 3.41. The molecule has 5 nitrogen and oxygen atoms in total. The molecular formula is C26H25N5S. The Kier molecular flexibility index (Phi) is 5.23. The van der Waals surface area contributed by atoms with Gasteiger partial charge in [0.05, 0.1) is 11.7 Å². The second kappa shape index (κ2) is 8.20. The van der Waals surface area contributed by atoms with Gasteiger partial charge in [0.2, 0.25) is 0 Å². The Hall–Kier alpha value is -3.51. The number of rotatable bonds is 4. The van der Waals surface area contributed by atoms with Gasteiger partial charge in [-0.25, -0.2) is 4.98 Å². The van der Waals surface area contributed by atoms with Gasteiger partial charge in [-0.3, -0.25) is 4.98 Å². The fourth-order valence-corrected chi connectivity index (χ4v) is 4.60. The van der Waals surface area contributed by atoms with Gasteiger partial charge in [0, 0.05) is 30.0 Å². The Morgan fingerprint density at radius 1 is 0.906 bits per heavy atom. The summed E-state index contributed by atoms with van der Waals surface area (Å²) in [7, 11) is 0. The lowest BCUT2D eigenvalue weighted by Crippen LogP contribution is -2.30. The molecule has 0 amide bonds. The topological polar surface area (TPSA) is 46.0 Å². The number of aryl methyl sites for hydroxylation is 3. The van der Waals surface area contributed by atoms with Crippen LogP contribution in [0, 0.1) is 20.8 Å². The average molecular weight is 440 g/mol. The van der Waals surface area contributed by atoms with Crippen LogP contribution in [-0.2, 0) is 0 Å². The highest BCUT2D eigenvalue weighted by atomic mass is 32.1. The Balaban J connectivity index is 1.67. The first-order valence-corrected chi connectivity index (χ1v) is 11.1. The molecule has 32 heavy (non-hydrogen) atoms. The highest BCUT2D eigenvalue weighted by molar-refractivity contribution is 7.80. The fourth-order valence-electron chi connectivity index (χ4n) is 4.26. The Morgan fingerprint density at radius 3 is 2.50 bits per heavy atom. The predicted molar refractivity (Wildman–Crippen MR) is 132 cm³/mol. The number of aromatic nitrogens is 3. The molecule has 4 aromatic rings.